The van der Waals surface area contributed by atoms with Crippen molar-refractivity contribution in [1.29, 1.82) is 0 Å². The number of nitrogens with zero attached hydrogens (tertiary/aromatic N) is 2. The predicted octanol–water partition coefficient (Wildman–Crippen LogP) is 5.40. The maximum atomic E-state index is 13.5. The van der Waals surface area contributed by atoms with Gasteiger partial charge in [-0.25, -0.2) is 8.42 Å². The molecule has 1 N–H and O–H groups in total. The number of hydrogen-bond acceptors (Lipinski definition) is 4. The van der Waals surface area contributed by atoms with Crippen molar-refractivity contribution in [2.24, 2.45) is 0 Å². The molecule has 0 aliphatic heterocycles. The van der Waals surface area contributed by atoms with E-state index in [-0.39, 0.29) is 33.2 Å². The fourth-order valence-electron chi connectivity index (χ4n) is 3.25. The molecule has 0 radical (unpaired) electrons. The fourth-order valence-corrected chi connectivity index (χ4v) is 5.01. The fraction of sp³-hybridized carbons (Fsp3) is 0.391. The molecule has 12 heteroatoms. The Kier molecular flexibility index (Phi) is 11.0. The highest BCUT2D eigenvalue weighted by atomic mass is 35.5. The van der Waals surface area contributed by atoms with Crippen molar-refractivity contribution in [1.82, 2.24) is 10.2 Å². The van der Waals surface area contributed by atoms with E-state index >= 15 is 0 Å². The molecule has 0 saturated heterocycles. The molecular formula is C23H27Cl4N3O4S. The van der Waals surface area contributed by atoms with Crippen LogP contribution in [0.3, 0.4) is 0 Å². The summed E-state index contributed by atoms with van der Waals surface area (Å²) in [5.74, 6) is -0.969. The van der Waals surface area contributed by atoms with Gasteiger partial charge in [-0.15, -0.1) is 0 Å². The number of nitrogens with one attached hydrogen (secondary N) is 1. The van der Waals surface area contributed by atoms with Crippen LogP contribution in [0.5, 0.6) is 0 Å². The lowest BCUT2D eigenvalue weighted by Gasteiger charge is -2.31. The Labute approximate surface area is 226 Å². The molecular weight excluding hydrogens is 556 g/mol. The van der Waals surface area contributed by atoms with Gasteiger partial charge in [0.2, 0.25) is 21.8 Å². The van der Waals surface area contributed by atoms with Gasteiger partial charge in [-0.05, 0) is 43.2 Å². The van der Waals surface area contributed by atoms with E-state index < -0.39 is 28.5 Å². The van der Waals surface area contributed by atoms with Gasteiger partial charge in [0.1, 0.15) is 12.6 Å². The van der Waals surface area contributed by atoms with Gasteiger partial charge in [0.05, 0.1) is 27.0 Å². The largest absolute Gasteiger partial charge is 0.354 e. The van der Waals surface area contributed by atoms with Crippen LogP contribution in [0.4, 0.5) is 5.69 Å². The molecule has 0 heterocycles. The number of carbonyl (C=O) groups excluding carboxylic acids is 2. The zero-order valence-electron chi connectivity index (χ0n) is 19.5. The van der Waals surface area contributed by atoms with Gasteiger partial charge in [-0.2, -0.15) is 0 Å². The summed E-state index contributed by atoms with van der Waals surface area (Å²) in [5, 5.41) is 3.50. The average Bonchev–Trinajstić information content (AvgIpc) is 2.77. The highest BCUT2D eigenvalue weighted by Crippen LogP contribution is 2.35. The Balaban J connectivity index is 2.42. The number of amides is 2. The predicted molar refractivity (Wildman–Crippen MR) is 143 cm³/mol. The van der Waals surface area contributed by atoms with Gasteiger partial charge < -0.3 is 10.2 Å². The number of carbonyl (C=O) groups is 2. The number of anilines is 1. The molecule has 2 aromatic rings. The van der Waals surface area contributed by atoms with Gasteiger partial charge in [-0.1, -0.05) is 71.9 Å². The van der Waals surface area contributed by atoms with Gasteiger partial charge in [0.15, 0.2) is 0 Å². The lowest BCUT2D eigenvalue weighted by atomic mass is 10.1. The lowest BCUT2D eigenvalue weighted by molar-refractivity contribution is -0.139. The monoisotopic (exact) mass is 581 g/mol. The summed E-state index contributed by atoms with van der Waals surface area (Å²) < 4.78 is 26.1. The first-order valence-electron chi connectivity index (χ1n) is 10.8. The van der Waals surface area contributed by atoms with E-state index in [1.54, 1.807) is 31.2 Å². The third-order valence-electron chi connectivity index (χ3n) is 5.18. The van der Waals surface area contributed by atoms with Gasteiger partial charge in [0.25, 0.3) is 0 Å². The van der Waals surface area contributed by atoms with Crippen LogP contribution in [-0.2, 0) is 26.2 Å². The minimum atomic E-state index is -3.96. The van der Waals surface area contributed by atoms with Crippen LogP contribution in [0.25, 0.3) is 0 Å². The zero-order valence-corrected chi connectivity index (χ0v) is 23.4. The molecule has 0 bridgehead atoms. The maximum absolute atomic E-state index is 13.5. The van der Waals surface area contributed by atoms with E-state index in [1.165, 1.54) is 17.0 Å². The highest BCUT2D eigenvalue weighted by molar-refractivity contribution is 7.92. The third-order valence-corrected chi connectivity index (χ3v) is 7.56. The Morgan fingerprint density at radius 1 is 1.03 bits per heavy atom. The summed E-state index contributed by atoms with van der Waals surface area (Å²) in [4.78, 5) is 27.6. The number of benzene rings is 2. The number of rotatable bonds is 11. The van der Waals surface area contributed by atoms with Gasteiger partial charge >= 0.3 is 0 Å². The van der Waals surface area contributed by atoms with E-state index in [0.29, 0.717) is 17.1 Å². The quantitative estimate of drug-likeness (QED) is 0.284. The SMILES string of the molecule is CCCCNC(=O)[C@H](C)N(Cc1cccc(Cl)c1)C(=O)CN(c1cc(Cl)c(Cl)cc1Cl)S(C)(=O)=O. The van der Waals surface area contributed by atoms with Crippen molar-refractivity contribution < 1.29 is 18.0 Å². The maximum Gasteiger partial charge on any atom is 0.244 e. The molecule has 7 nitrogen and oxygen atoms in total. The molecule has 0 aromatic heterocycles. The van der Waals surface area contributed by atoms with Gasteiger partial charge in [0, 0.05) is 18.1 Å². The number of halogens is 4. The second kappa shape index (κ2) is 13.0. The summed E-state index contributed by atoms with van der Waals surface area (Å²) >= 11 is 24.4. The first kappa shape index (κ1) is 29.5. The molecule has 2 amide bonds. The lowest BCUT2D eigenvalue weighted by Crippen LogP contribution is -2.51. The van der Waals surface area contributed by atoms with Crippen molar-refractivity contribution in [2.75, 3.05) is 23.7 Å². The van der Waals surface area contributed by atoms with E-state index in [1.807, 2.05) is 6.92 Å². The van der Waals surface area contributed by atoms with Crippen molar-refractivity contribution >= 4 is 73.9 Å². The Hall–Kier alpha value is -1.71. The van der Waals surface area contributed by atoms with Crippen molar-refractivity contribution in [3.8, 4) is 0 Å². The average molecular weight is 583 g/mol. The standard InChI is InChI=1S/C23H27Cl4N3O4S/c1-4-5-9-28-23(32)15(2)29(13-16-7-6-8-17(24)10-16)22(31)14-30(35(3,33)34)21-12-19(26)18(25)11-20(21)27/h6-8,10-12,15H,4-5,9,13-14H2,1-3H3,(H,28,32)/t15-/m0/s1. The van der Waals surface area contributed by atoms with Crippen molar-refractivity contribution in [2.45, 2.75) is 39.3 Å². The topological polar surface area (TPSA) is 86.8 Å². The van der Waals surface area contributed by atoms with E-state index in [0.717, 1.165) is 23.4 Å². The van der Waals surface area contributed by atoms with Crippen LogP contribution in [0, 0.1) is 0 Å². The summed E-state index contributed by atoms with van der Waals surface area (Å²) in [7, 11) is -3.96. The second-order valence-corrected chi connectivity index (χ2v) is 11.5. The van der Waals surface area contributed by atoms with Crippen LogP contribution < -0.4 is 9.62 Å². The number of hydrogen-bond donors (Lipinski definition) is 1. The first-order valence-corrected chi connectivity index (χ1v) is 14.1. The smallest absolute Gasteiger partial charge is 0.244 e. The summed E-state index contributed by atoms with van der Waals surface area (Å²) in [6.45, 7) is 3.48. The first-order chi connectivity index (χ1) is 16.3. The van der Waals surface area contributed by atoms with E-state index in [4.69, 9.17) is 46.4 Å². The summed E-state index contributed by atoms with van der Waals surface area (Å²) in [5.41, 5.74) is 0.678. The third kappa shape index (κ3) is 8.43. The molecule has 0 fully saturated rings. The van der Waals surface area contributed by atoms with E-state index in [9.17, 15) is 18.0 Å². The minimum Gasteiger partial charge on any atom is -0.354 e. The van der Waals surface area contributed by atoms with Crippen LogP contribution in [0.2, 0.25) is 20.1 Å². The highest BCUT2D eigenvalue weighted by Gasteiger charge is 2.31. The molecule has 0 saturated carbocycles. The number of sulfonamides is 1. The Morgan fingerprint density at radius 3 is 2.29 bits per heavy atom. The number of unbranched alkanes of at least 4 members (excludes halogenated alkanes) is 1. The van der Waals surface area contributed by atoms with Crippen molar-refractivity contribution in [3.05, 3.63) is 62.1 Å². The molecule has 0 unspecified atom stereocenters. The summed E-state index contributed by atoms with van der Waals surface area (Å²) in [6.07, 6.45) is 2.63. The zero-order chi connectivity index (χ0) is 26.3. The van der Waals surface area contributed by atoms with Gasteiger partial charge in [-0.3, -0.25) is 13.9 Å². The molecule has 1 atom stereocenters. The Morgan fingerprint density at radius 2 is 1.69 bits per heavy atom. The van der Waals surface area contributed by atoms with E-state index in [2.05, 4.69) is 5.32 Å². The van der Waals surface area contributed by atoms with Crippen LogP contribution in [-0.4, -0.2) is 50.5 Å². The molecule has 2 rings (SSSR count). The summed E-state index contributed by atoms with van der Waals surface area (Å²) in [6, 6.07) is 8.55. The van der Waals surface area contributed by atoms with Crippen LogP contribution in [0.15, 0.2) is 36.4 Å². The van der Waals surface area contributed by atoms with Crippen LogP contribution in [0.1, 0.15) is 32.3 Å². The molecule has 2 aromatic carbocycles. The molecule has 0 aliphatic carbocycles. The second-order valence-electron chi connectivity index (χ2n) is 7.96. The van der Waals surface area contributed by atoms with Crippen molar-refractivity contribution in [3.63, 3.8) is 0 Å². The Bertz CT molecular complexity index is 1180. The van der Waals surface area contributed by atoms with Crippen LogP contribution >= 0.6 is 46.4 Å². The normalized spacial score (nSPS) is 12.2. The molecule has 35 heavy (non-hydrogen) atoms. The molecule has 0 aliphatic rings. The molecule has 192 valence electrons. The molecule has 0 spiro atoms. The minimum absolute atomic E-state index is 0.000303.